The molecule has 1 aromatic heterocycles. The molecule has 2 aromatic carbocycles. The maximum Gasteiger partial charge on any atom is 0.256 e. The van der Waals surface area contributed by atoms with Crippen molar-refractivity contribution in [1.82, 2.24) is 20.1 Å². The Bertz CT molecular complexity index is 1570. The van der Waals surface area contributed by atoms with Crippen LogP contribution in [0.25, 0.3) is 0 Å². The zero-order valence-electron chi connectivity index (χ0n) is 24.4. The van der Waals surface area contributed by atoms with Gasteiger partial charge in [0.05, 0.1) is 5.57 Å². The molecule has 0 unspecified atom stereocenters. The minimum absolute atomic E-state index is 0.0117. The predicted molar refractivity (Wildman–Crippen MR) is 167 cm³/mol. The van der Waals surface area contributed by atoms with E-state index in [4.69, 9.17) is 10.1 Å². The molecular weight excluding hydrogens is 528 g/mol. The molecule has 42 heavy (non-hydrogen) atoms. The zero-order chi connectivity index (χ0) is 29.6. The van der Waals surface area contributed by atoms with Crippen molar-refractivity contribution in [2.24, 2.45) is 9.98 Å². The highest BCUT2D eigenvalue weighted by atomic mass is 16.5. The van der Waals surface area contributed by atoms with Crippen LogP contribution < -0.4 is 15.4 Å². The van der Waals surface area contributed by atoms with Gasteiger partial charge in [-0.05, 0) is 74.0 Å². The van der Waals surface area contributed by atoms with Gasteiger partial charge in [0.15, 0.2) is 11.7 Å². The van der Waals surface area contributed by atoms with Gasteiger partial charge >= 0.3 is 0 Å². The Hall–Kier alpha value is -4.67. The normalized spacial score (nSPS) is 17.0. The van der Waals surface area contributed by atoms with Crippen molar-refractivity contribution < 1.29 is 9.53 Å². The lowest BCUT2D eigenvalue weighted by Gasteiger charge is -2.32. The van der Waals surface area contributed by atoms with E-state index in [2.05, 4.69) is 55.4 Å². The van der Waals surface area contributed by atoms with Crippen molar-refractivity contribution in [3.63, 3.8) is 0 Å². The fourth-order valence-electron chi connectivity index (χ4n) is 4.85. The molecule has 10 nitrogen and oxygen atoms in total. The summed E-state index contributed by atoms with van der Waals surface area (Å²) in [6.07, 6.45) is 4.90. The SMILES string of the molecule is CN/C=C1\C(=N)N=C(c2ccncc2)N=C1Oc1ccc(C)c(C(=O)Nc2ccc(CN3CCN(C)CC3)c(C)c2)c1. The summed E-state index contributed by atoms with van der Waals surface area (Å²) >= 11 is 0. The molecule has 0 aliphatic carbocycles. The van der Waals surface area contributed by atoms with Crippen LogP contribution in [0.15, 0.2) is 82.7 Å². The number of aromatic nitrogens is 1. The topological polar surface area (TPSA) is 118 Å². The molecule has 3 aromatic rings. The van der Waals surface area contributed by atoms with Crippen LogP contribution in [0.2, 0.25) is 0 Å². The Labute approximate surface area is 246 Å². The number of carbonyl (C=O) groups excluding carboxylic acids is 1. The van der Waals surface area contributed by atoms with Gasteiger partial charge in [-0.3, -0.25) is 20.1 Å². The van der Waals surface area contributed by atoms with Crippen LogP contribution in [-0.4, -0.2) is 78.5 Å². The maximum absolute atomic E-state index is 13.4. The maximum atomic E-state index is 13.4. The fourth-order valence-corrected chi connectivity index (χ4v) is 4.85. The van der Waals surface area contributed by atoms with Crippen LogP contribution in [0.3, 0.4) is 0 Å². The van der Waals surface area contributed by atoms with Gasteiger partial charge in [-0.1, -0.05) is 12.1 Å². The zero-order valence-corrected chi connectivity index (χ0v) is 24.4. The van der Waals surface area contributed by atoms with E-state index in [1.807, 2.05) is 25.1 Å². The lowest BCUT2D eigenvalue weighted by molar-refractivity contribution is 0.102. The first-order chi connectivity index (χ1) is 20.3. The number of rotatable bonds is 7. The molecule has 5 rings (SSSR count). The summed E-state index contributed by atoms with van der Waals surface area (Å²) in [7, 11) is 3.89. The first-order valence-electron chi connectivity index (χ1n) is 14.0. The highest BCUT2D eigenvalue weighted by Crippen LogP contribution is 2.24. The van der Waals surface area contributed by atoms with E-state index in [1.54, 1.807) is 49.9 Å². The second-order valence-corrected chi connectivity index (χ2v) is 10.5. The number of likely N-dealkylation sites (N-methyl/N-ethyl adjacent to an activating group) is 1. The van der Waals surface area contributed by atoms with Crippen LogP contribution in [0, 0.1) is 19.3 Å². The van der Waals surface area contributed by atoms with Gasteiger partial charge in [0, 0.05) is 75.2 Å². The number of amides is 1. The van der Waals surface area contributed by atoms with Crippen molar-refractivity contribution in [2.75, 3.05) is 45.6 Å². The summed E-state index contributed by atoms with van der Waals surface area (Å²) in [5, 5.41) is 14.4. The van der Waals surface area contributed by atoms with Gasteiger partial charge in [0.25, 0.3) is 5.91 Å². The number of hydrogen-bond donors (Lipinski definition) is 3. The molecule has 1 fully saturated rings. The molecule has 3 N–H and O–H groups in total. The third-order valence-electron chi connectivity index (χ3n) is 7.40. The van der Waals surface area contributed by atoms with E-state index >= 15 is 0 Å². The Kier molecular flexibility index (Phi) is 8.85. The number of aliphatic imine (C=N–C) groups is 2. The van der Waals surface area contributed by atoms with Crippen LogP contribution >= 0.6 is 0 Å². The molecule has 10 heteroatoms. The lowest BCUT2D eigenvalue weighted by Crippen LogP contribution is -2.43. The summed E-state index contributed by atoms with van der Waals surface area (Å²) in [4.78, 5) is 31.2. The number of ether oxygens (including phenoxy) is 1. The number of carbonyl (C=O) groups is 1. The molecule has 2 aliphatic heterocycles. The number of hydrogen-bond acceptors (Lipinski definition) is 8. The molecule has 2 aliphatic rings. The number of nitrogens with one attached hydrogen (secondary N) is 3. The summed E-state index contributed by atoms with van der Waals surface area (Å²) in [6.45, 7) is 9.16. The Morgan fingerprint density at radius 3 is 2.48 bits per heavy atom. The molecule has 0 atom stereocenters. The first-order valence-corrected chi connectivity index (χ1v) is 14.0. The molecule has 0 radical (unpaired) electrons. The van der Waals surface area contributed by atoms with E-state index in [-0.39, 0.29) is 17.6 Å². The molecule has 0 saturated carbocycles. The smallest absolute Gasteiger partial charge is 0.256 e. The number of amidine groups is 2. The van der Waals surface area contributed by atoms with Gasteiger partial charge in [-0.15, -0.1) is 0 Å². The molecule has 0 spiro atoms. The van der Waals surface area contributed by atoms with Gasteiger partial charge in [0.1, 0.15) is 5.75 Å². The number of nitrogens with zero attached hydrogens (tertiary/aromatic N) is 5. The third-order valence-corrected chi connectivity index (χ3v) is 7.40. The largest absolute Gasteiger partial charge is 0.438 e. The summed E-state index contributed by atoms with van der Waals surface area (Å²) < 4.78 is 6.17. The Morgan fingerprint density at radius 2 is 1.76 bits per heavy atom. The highest BCUT2D eigenvalue weighted by Gasteiger charge is 2.23. The summed E-state index contributed by atoms with van der Waals surface area (Å²) in [6, 6.07) is 14.9. The van der Waals surface area contributed by atoms with Crippen molar-refractivity contribution in [3.05, 3.63) is 101 Å². The monoisotopic (exact) mass is 564 g/mol. The minimum Gasteiger partial charge on any atom is -0.438 e. The average molecular weight is 565 g/mol. The van der Waals surface area contributed by atoms with Crippen molar-refractivity contribution in [2.45, 2.75) is 20.4 Å². The average Bonchev–Trinajstić information content (AvgIpc) is 2.98. The van der Waals surface area contributed by atoms with Crippen LogP contribution in [-0.2, 0) is 6.54 Å². The molecular formula is C32H36N8O2. The first kappa shape index (κ1) is 28.8. The quantitative estimate of drug-likeness (QED) is 0.399. The Balaban J connectivity index is 1.32. The fraction of sp³-hybridized carbons (Fsp3) is 0.281. The van der Waals surface area contributed by atoms with E-state index in [0.717, 1.165) is 49.5 Å². The lowest BCUT2D eigenvalue weighted by atomic mass is 10.1. The van der Waals surface area contributed by atoms with E-state index in [1.165, 1.54) is 5.56 Å². The second kappa shape index (κ2) is 12.9. The number of aryl methyl sites for hydroxylation is 2. The predicted octanol–water partition coefficient (Wildman–Crippen LogP) is 4.02. The molecule has 1 saturated heterocycles. The summed E-state index contributed by atoms with van der Waals surface area (Å²) in [5.41, 5.74) is 5.57. The van der Waals surface area contributed by atoms with Gasteiger partial charge in [0.2, 0.25) is 5.90 Å². The van der Waals surface area contributed by atoms with Crippen LogP contribution in [0.4, 0.5) is 5.69 Å². The number of benzene rings is 2. The highest BCUT2D eigenvalue weighted by molar-refractivity contribution is 6.30. The van der Waals surface area contributed by atoms with Gasteiger partial charge in [-0.2, -0.15) is 4.99 Å². The molecule has 216 valence electrons. The Morgan fingerprint density at radius 1 is 1.00 bits per heavy atom. The standard InChI is InChI=1S/C32H36N8O2/c1-21-5-8-26(42-32-28(19-34-3)29(33)37-30(38-32)23-9-11-35-12-10-23)18-27(21)31(41)36-25-7-6-24(22(2)17-25)20-40-15-13-39(4)14-16-40/h5-12,17-19,33-34H,13-16,20H2,1-4H3,(H,36,41)/b28-19+,33-29?. The summed E-state index contributed by atoms with van der Waals surface area (Å²) in [5.74, 6) is 0.763. The minimum atomic E-state index is -0.229. The van der Waals surface area contributed by atoms with Crippen LogP contribution in [0.1, 0.15) is 32.6 Å². The van der Waals surface area contributed by atoms with Gasteiger partial charge in [-0.25, -0.2) is 4.99 Å². The third kappa shape index (κ3) is 6.79. The van der Waals surface area contributed by atoms with E-state index in [0.29, 0.717) is 28.3 Å². The molecule has 1 amide bonds. The molecule has 0 bridgehead atoms. The molecule has 3 heterocycles. The van der Waals surface area contributed by atoms with E-state index in [9.17, 15) is 4.79 Å². The van der Waals surface area contributed by atoms with Crippen molar-refractivity contribution in [1.29, 1.82) is 5.41 Å². The van der Waals surface area contributed by atoms with Gasteiger partial charge < -0.3 is 20.3 Å². The van der Waals surface area contributed by atoms with Crippen molar-refractivity contribution >= 4 is 29.2 Å². The van der Waals surface area contributed by atoms with Crippen LogP contribution in [0.5, 0.6) is 5.75 Å². The number of piperazine rings is 1. The van der Waals surface area contributed by atoms with E-state index < -0.39 is 0 Å². The number of anilines is 1. The van der Waals surface area contributed by atoms with Crippen molar-refractivity contribution in [3.8, 4) is 5.75 Å². The number of pyridine rings is 1. The second-order valence-electron chi connectivity index (χ2n) is 10.5.